The zero-order valence-corrected chi connectivity index (χ0v) is 13.3. The lowest BCUT2D eigenvalue weighted by Gasteiger charge is -2.17. The molecule has 1 rings (SSSR count). The van der Waals surface area contributed by atoms with E-state index in [4.69, 9.17) is 14.9 Å². The summed E-state index contributed by atoms with van der Waals surface area (Å²) in [6, 6.07) is -0.254. The summed E-state index contributed by atoms with van der Waals surface area (Å²) < 4.78 is 38.2. The lowest BCUT2D eigenvalue weighted by molar-refractivity contribution is 0.171. The van der Waals surface area contributed by atoms with Gasteiger partial charge in [0.15, 0.2) is 0 Å². The topological polar surface area (TPSA) is 94.6 Å². The molecule has 0 saturated heterocycles. The van der Waals surface area contributed by atoms with Crippen LogP contribution < -0.4 is 10.5 Å². The molecule has 0 saturated carbocycles. The van der Waals surface area contributed by atoms with E-state index in [9.17, 15) is 8.42 Å². The zero-order valence-electron chi connectivity index (χ0n) is 12.5. The fraction of sp³-hybridized carbons (Fsp3) is 0.692. The van der Waals surface area contributed by atoms with Crippen molar-refractivity contribution in [1.82, 2.24) is 4.72 Å². The molecule has 20 heavy (non-hydrogen) atoms. The fourth-order valence-corrected chi connectivity index (χ4v) is 4.02. The third-order valence-corrected chi connectivity index (χ3v) is 4.84. The van der Waals surface area contributed by atoms with E-state index in [1.807, 2.05) is 6.92 Å². The van der Waals surface area contributed by atoms with Crippen molar-refractivity contribution in [3.63, 3.8) is 0 Å². The predicted molar refractivity (Wildman–Crippen MR) is 77.0 cm³/mol. The summed E-state index contributed by atoms with van der Waals surface area (Å²) in [5.74, 6) is 0.910. The van der Waals surface area contributed by atoms with Gasteiger partial charge >= 0.3 is 0 Å². The van der Waals surface area contributed by atoms with Gasteiger partial charge in [-0.2, -0.15) is 0 Å². The molecular formula is C13H24N2O4S. The second-order valence-corrected chi connectivity index (χ2v) is 6.44. The highest BCUT2D eigenvalue weighted by Crippen LogP contribution is 2.26. The molecule has 6 nitrogen and oxygen atoms in total. The summed E-state index contributed by atoms with van der Waals surface area (Å²) in [6.45, 7) is 5.80. The van der Waals surface area contributed by atoms with E-state index in [2.05, 4.69) is 4.72 Å². The molecule has 0 bridgehead atoms. The number of hydrogen-bond acceptors (Lipinski definition) is 5. The van der Waals surface area contributed by atoms with Crippen LogP contribution in [-0.4, -0.2) is 28.2 Å². The van der Waals surface area contributed by atoms with Crippen LogP contribution in [0.2, 0.25) is 0 Å². The molecule has 0 amide bonds. The largest absolute Gasteiger partial charge is 0.465 e. The first-order valence-corrected chi connectivity index (χ1v) is 8.15. The minimum absolute atomic E-state index is 0.127. The quantitative estimate of drug-likeness (QED) is 0.758. The minimum Gasteiger partial charge on any atom is -0.465 e. The Morgan fingerprint density at radius 1 is 1.35 bits per heavy atom. The second kappa shape index (κ2) is 7.21. The smallest absolute Gasteiger partial charge is 0.244 e. The number of nitrogens with one attached hydrogen (secondary N) is 1. The van der Waals surface area contributed by atoms with Crippen molar-refractivity contribution >= 4 is 10.0 Å². The summed E-state index contributed by atoms with van der Waals surface area (Å²) in [5, 5.41) is 0. The molecule has 0 aliphatic rings. The summed E-state index contributed by atoms with van der Waals surface area (Å²) >= 11 is 0. The molecule has 0 aliphatic carbocycles. The molecule has 3 N–H and O–H groups in total. The molecule has 0 radical (unpaired) electrons. The molecule has 1 aromatic heterocycles. The Kier molecular flexibility index (Phi) is 6.19. The van der Waals surface area contributed by atoms with E-state index in [-0.39, 0.29) is 17.5 Å². The van der Waals surface area contributed by atoms with E-state index < -0.39 is 10.0 Å². The summed E-state index contributed by atoms with van der Waals surface area (Å²) in [7, 11) is -2.11. The third kappa shape index (κ3) is 3.82. The average Bonchev–Trinajstić information content (AvgIpc) is 2.64. The van der Waals surface area contributed by atoms with Gasteiger partial charge in [0.05, 0.1) is 6.61 Å². The van der Waals surface area contributed by atoms with Gasteiger partial charge < -0.3 is 14.9 Å². The van der Waals surface area contributed by atoms with Crippen LogP contribution in [0.15, 0.2) is 9.31 Å². The van der Waals surface area contributed by atoms with Crippen molar-refractivity contribution in [1.29, 1.82) is 0 Å². The zero-order chi connectivity index (χ0) is 15.3. The van der Waals surface area contributed by atoms with Crippen LogP contribution in [0.5, 0.6) is 0 Å². The minimum atomic E-state index is -3.66. The van der Waals surface area contributed by atoms with Crippen LogP contribution in [0, 0.1) is 13.8 Å². The Morgan fingerprint density at radius 3 is 2.50 bits per heavy atom. The summed E-state index contributed by atoms with van der Waals surface area (Å²) in [4.78, 5) is 0.162. The maximum Gasteiger partial charge on any atom is 0.244 e. The molecule has 116 valence electrons. The maximum absolute atomic E-state index is 12.5. The van der Waals surface area contributed by atoms with Crippen LogP contribution in [0.4, 0.5) is 0 Å². The molecule has 1 atom stereocenters. The lowest BCUT2D eigenvalue weighted by atomic mass is 10.2. The van der Waals surface area contributed by atoms with Gasteiger partial charge in [0, 0.05) is 25.3 Å². The molecule has 0 aliphatic heterocycles. The number of ether oxygens (including phenoxy) is 1. The number of sulfonamides is 1. The summed E-state index contributed by atoms with van der Waals surface area (Å²) in [6.07, 6.45) is 1.57. The van der Waals surface area contributed by atoms with E-state index in [0.29, 0.717) is 30.1 Å². The van der Waals surface area contributed by atoms with Crippen LogP contribution in [0.3, 0.4) is 0 Å². The first kappa shape index (κ1) is 17.2. The van der Waals surface area contributed by atoms with Gasteiger partial charge in [-0.1, -0.05) is 13.3 Å². The van der Waals surface area contributed by atoms with Gasteiger partial charge in [0.2, 0.25) is 10.0 Å². The van der Waals surface area contributed by atoms with Crippen molar-refractivity contribution in [2.75, 3.05) is 13.7 Å². The molecule has 0 fully saturated rings. The van der Waals surface area contributed by atoms with Crippen LogP contribution in [-0.2, 0) is 21.3 Å². The highest BCUT2D eigenvalue weighted by molar-refractivity contribution is 7.89. The van der Waals surface area contributed by atoms with Crippen molar-refractivity contribution in [3.05, 3.63) is 17.1 Å². The van der Waals surface area contributed by atoms with Gasteiger partial charge in [-0.15, -0.1) is 0 Å². The predicted octanol–water partition coefficient (Wildman–Crippen LogP) is 1.45. The third-order valence-electron chi connectivity index (χ3n) is 3.12. The Hall–Kier alpha value is -0.890. The van der Waals surface area contributed by atoms with E-state index in [0.717, 1.165) is 6.42 Å². The average molecular weight is 304 g/mol. The number of hydrogen-bond donors (Lipinski definition) is 2. The highest BCUT2D eigenvalue weighted by Gasteiger charge is 2.28. The highest BCUT2D eigenvalue weighted by atomic mass is 32.2. The standard InChI is InChI=1S/C13H24N2O4S/c1-5-6-11(8-18-4)15-20(16,17)13-10(3)19-9(2)12(13)7-14/h11,15H,5-8,14H2,1-4H3. The number of methoxy groups -OCH3 is 1. The molecule has 7 heteroatoms. The number of aryl methyl sites for hydroxylation is 2. The Labute approximate surface area is 120 Å². The van der Waals surface area contributed by atoms with Crippen molar-refractivity contribution in [2.24, 2.45) is 5.73 Å². The number of furan rings is 1. The Morgan fingerprint density at radius 2 is 2.00 bits per heavy atom. The van der Waals surface area contributed by atoms with E-state index in [1.165, 1.54) is 0 Å². The van der Waals surface area contributed by atoms with Crippen LogP contribution in [0.1, 0.15) is 36.8 Å². The van der Waals surface area contributed by atoms with E-state index >= 15 is 0 Å². The monoisotopic (exact) mass is 304 g/mol. The Bertz CT molecular complexity index is 531. The number of rotatable bonds is 8. The fourth-order valence-electron chi connectivity index (χ4n) is 2.30. The molecule has 1 aromatic rings. The van der Waals surface area contributed by atoms with Gasteiger partial charge in [-0.25, -0.2) is 13.1 Å². The van der Waals surface area contributed by atoms with Crippen molar-refractivity contribution in [2.45, 2.75) is 51.1 Å². The molecule has 0 spiro atoms. The van der Waals surface area contributed by atoms with Crippen molar-refractivity contribution in [3.8, 4) is 0 Å². The second-order valence-electron chi connectivity index (χ2n) is 4.79. The van der Waals surface area contributed by atoms with Gasteiger partial charge in [0.1, 0.15) is 16.4 Å². The SMILES string of the molecule is CCCC(COC)NS(=O)(=O)c1c(C)oc(C)c1CN. The Balaban J connectivity index is 3.10. The van der Waals surface area contributed by atoms with Gasteiger partial charge in [-0.05, 0) is 20.3 Å². The first-order valence-electron chi connectivity index (χ1n) is 6.67. The normalized spacial score (nSPS) is 13.7. The number of nitrogens with two attached hydrogens (primary N) is 1. The molecule has 1 heterocycles. The first-order chi connectivity index (χ1) is 9.37. The molecule has 0 aromatic carbocycles. The van der Waals surface area contributed by atoms with Crippen molar-refractivity contribution < 1.29 is 17.6 Å². The van der Waals surface area contributed by atoms with Gasteiger partial charge in [-0.3, -0.25) is 0 Å². The summed E-state index contributed by atoms with van der Waals surface area (Å²) in [5.41, 5.74) is 6.16. The lowest BCUT2D eigenvalue weighted by Crippen LogP contribution is -2.38. The molecular weight excluding hydrogens is 280 g/mol. The van der Waals surface area contributed by atoms with Gasteiger partial charge in [0.25, 0.3) is 0 Å². The molecule has 1 unspecified atom stereocenters. The van der Waals surface area contributed by atoms with Crippen LogP contribution >= 0.6 is 0 Å². The van der Waals surface area contributed by atoms with Crippen LogP contribution in [0.25, 0.3) is 0 Å². The maximum atomic E-state index is 12.5. The van der Waals surface area contributed by atoms with E-state index in [1.54, 1.807) is 21.0 Å².